The summed E-state index contributed by atoms with van der Waals surface area (Å²) in [5, 5.41) is 9.62. The Morgan fingerprint density at radius 3 is 2.57 bits per heavy atom. The summed E-state index contributed by atoms with van der Waals surface area (Å²) in [6.45, 7) is 3.36. The maximum absolute atomic E-state index is 12.5. The molecule has 0 aliphatic heterocycles. The molecule has 0 amide bonds. The number of hydrogen-bond donors (Lipinski definition) is 1. The fraction of sp³-hybridized carbons (Fsp3) is 0.375. The Morgan fingerprint density at radius 2 is 1.95 bits per heavy atom. The maximum atomic E-state index is 12.5. The van der Waals surface area contributed by atoms with Gasteiger partial charge >= 0.3 is 5.97 Å². The molecule has 0 atom stereocenters. The van der Waals surface area contributed by atoms with E-state index in [9.17, 15) is 9.59 Å². The molecule has 1 aromatic heterocycles. The number of rotatable bonds is 5. The number of carboxylic acid groups (broad SMARTS) is 1. The normalized spacial score (nSPS) is 11.2. The van der Waals surface area contributed by atoms with Gasteiger partial charge in [-0.05, 0) is 33.2 Å². The lowest BCUT2D eigenvalue weighted by Gasteiger charge is -2.19. The van der Waals surface area contributed by atoms with Crippen molar-refractivity contribution in [3.05, 3.63) is 45.7 Å². The van der Waals surface area contributed by atoms with Gasteiger partial charge in [0.2, 0.25) is 0 Å². The third-order valence-electron chi connectivity index (χ3n) is 3.65. The zero-order chi connectivity index (χ0) is 15.6. The zero-order valence-electron chi connectivity index (χ0n) is 12.6. The highest BCUT2D eigenvalue weighted by molar-refractivity contribution is 5.81. The number of aromatic nitrogens is 1. The van der Waals surface area contributed by atoms with Crippen LogP contribution in [0.1, 0.15) is 11.3 Å². The van der Waals surface area contributed by atoms with Crippen molar-refractivity contribution in [1.82, 2.24) is 9.47 Å². The average Bonchev–Trinajstić information content (AvgIpc) is 2.43. The van der Waals surface area contributed by atoms with Crippen LogP contribution in [0, 0.1) is 6.92 Å². The number of nitrogens with zero attached hydrogens (tertiary/aromatic N) is 2. The molecule has 0 aliphatic rings. The van der Waals surface area contributed by atoms with E-state index in [0.717, 1.165) is 17.8 Å². The van der Waals surface area contributed by atoms with Gasteiger partial charge in [0.1, 0.15) is 0 Å². The highest BCUT2D eigenvalue weighted by Crippen LogP contribution is 2.16. The van der Waals surface area contributed by atoms with Crippen molar-refractivity contribution >= 4 is 16.9 Å². The smallest absolute Gasteiger partial charge is 0.308 e. The van der Waals surface area contributed by atoms with Gasteiger partial charge in [-0.3, -0.25) is 9.59 Å². The molecule has 0 saturated heterocycles. The molecule has 0 bridgehead atoms. The van der Waals surface area contributed by atoms with Crippen molar-refractivity contribution < 1.29 is 9.90 Å². The summed E-state index contributed by atoms with van der Waals surface area (Å²) in [5.74, 6) is -0.982. The van der Waals surface area contributed by atoms with E-state index in [1.54, 1.807) is 12.1 Å². The molecule has 0 fully saturated rings. The van der Waals surface area contributed by atoms with E-state index in [2.05, 4.69) is 4.90 Å². The van der Waals surface area contributed by atoms with Crippen molar-refractivity contribution in [1.29, 1.82) is 0 Å². The van der Waals surface area contributed by atoms with Gasteiger partial charge in [0.15, 0.2) is 5.43 Å². The second-order valence-corrected chi connectivity index (χ2v) is 5.44. The van der Waals surface area contributed by atoms with Crippen LogP contribution in [-0.2, 0) is 17.8 Å². The van der Waals surface area contributed by atoms with E-state index in [1.165, 1.54) is 0 Å². The summed E-state index contributed by atoms with van der Waals surface area (Å²) in [6.07, 6.45) is -0.239. The van der Waals surface area contributed by atoms with Crippen LogP contribution in [0.3, 0.4) is 0 Å². The number of fused-ring (bicyclic) bond motifs is 1. The van der Waals surface area contributed by atoms with Crippen LogP contribution in [0.2, 0.25) is 0 Å². The van der Waals surface area contributed by atoms with E-state index >= 15 is 0 Å². The van der Waals surface area contributed by atoms with Crippen LogP contribution >= 0.6 is 0 Å². The molecule has 0 radical (unpaired) electrons. The number of carbonyl (C=O) groups is 1. The van der Waals surface area contributed by atoms with Gasteiger partial charge in [0.25, 0.3) is 0 Å². The minimum atomic E-state index is -0.982. The minimum Gasteiger partial charge on any atom is -0.481 e. The minimum absolute atomic E-state index is 0.174. The predicted molar refractivity (Wildman–Crippen MR) is 82.8 cm³/mol. The molecule has 0 saturated carbocycles. The van der Waals surface area contributed by atoms with Gasteiger partial charge in [-0.2, -0.15) is 0 Å². The van der Waals surface area contributed by atoms with Crippen molar-refractivity contribution in [2.75, 3.05) is 20.6 Å². The molecule has 1 aromatic carbocycles. The second-order valence-electron chi connectivity index (χ2n) is 5.44. The Balaban J connectivity index is 2.69. The topological polar surface area (TPSA) is 62.5 Å². The Morgan fingerprint density at radius 1 is 1.29 bits per heavy atom. The lowest BCUT2D eigenvalue weighted by Crippen LogP contribution is -2.25. The quantitative estimate of drug-likeness (QED) is 0.905. The fourth-order valence-corrected chi connectivity index (χ4v) is 2.52. The first-order chi connectivity index (χ1) is 9.91. The van der Waals surface area contributed by atoms with Crippen LogP contribution in [-0.4, -0.2) is 41.2 Å². The Bertz CT molecular complexity index is 732. The van der Waals surface area contributed by atoms with Crippen LogP contribution in [0.25, 0.3) is 10.9 Å². The Kier molecular flexibility index (Phi) is 4.43. The summed E-state index contributed by atoms with van der Waals surface area (Å²) < 4.78 is 2.04. The third kappa shape index (κ3) is 3.13. The number of pyridine rings is 1. The number of benzene rings is 1. The predicted octanol–water partition coefficient (Wildman–Crippen LogP) is 1.50. The zero-order valence-corrected chi connectivity index (χ0v) is 12.6. The molecule has 1 heterocycles. The number of para-hydroxylation sites is 1. The molecule has 21 heavy (non-hydrogen) atoms. The molecule has 0 spiro atoms. The first kappa shape index (κ1) is 15.3. The molecule has 0 aliphatic carbocycles. The standard InChI is InChI=1S/C16H20N2O3/c1-11-13(10-15(19)20)16(21)12-6-4-5-7-14(12)18(11)9-8-17(2)3/h4-7H,8-10H2,1-3H3,(H,19,20). The first-order valence-electron chi connectivity index (χ1n) is 6.89. The molecule has 5 nitrogen and oxygen atoms in total. The van der Waals surface area contributed by atoms with Crippen LogP contribution in [0.4, 0.5) is 0 Å². The van der Waals surface area contributed by atoms with Gasteiger partial charge in [-0.1, -0.05) is 12.1 Å². The monoisotopic (exact) mass is 288 g/mol. The van der Waals surface area contributed by atoms with Crippen LogP contribution in [0.15, 0.2) is 29.1 Å². The summed E-state index contributed by atoms with van der Waals surface area (Å²) >= 11 is 0. The van der Waals surface area contributed by atoms with E-state index < -0.39 is 5.97 Å². The van der Waals surface area contributed by atoms with Crippen LogP contribution in [0.5, 0.6) is 0 Å². The van der Waals surface area contributed by atoms with E-state index in [-0.39, 0.29) is 11.8 Å². The van der Waals surface area contributed by atoms with Gasteiger partial charge in [-0.25, -0.2) is 0 Å². The fourth-order valence-electron chi connectivity index (χ4n) is 2.52. The highest BCUT2D eigenvalue weighted by atomic mass is 16.4. The molecule has 112 valence electrons. The number of carboxylic acids is 1. The lowest BCUT2D eigenvalue weighted by atomic mass is 10.0. The SMILES string of the molecule is Cc1c(CC(=O)O)c(=O)c2ccccc2n1CCN(C)C. The van der Waals surface area contributed by atoms with Gasteiger partial charge in [0, 0.05) is 29.7 Å². The molecular weight excluding hydrogens is 268 g/mol. The van der Waals surface area contributed by atoms with Crippen molar-refractivity contribution in [3.63, 3.8) is 0 Å². The van der Waals surface area contributed by atoms with E-state index in [1.807, 2.05) is 37.7 Å². The molecular formula is C16H20N2O3. The Hall–Kier alpha value is -2.14. The molecule has 2 aromatic rings. The van der Waals surface area contributed by atoms with E-state index in [4.69, 9.17) is 5.11 Å². The maximum Gasteiger partial charge on any atom is 0.308 e. The largest absolute Gasteiger partial charge is 0.481 e. The number of likely N-dealkylation sites (N-methyl/N-ethyl adjacent to an activating group) is 1. The first-order valence-corrected chi connectivity index (χ1v) is 6.89. The van der Waals surface area contributed by atoms with Gasteiger partial charge in [-0.15, -0.1) is 0 Å². The highest BCUT2D eigenvalue weighted by Gasteiger charge is 2.16. The number of hydrogen-bond acceptors (Lipinski definition) is 3. The Labute approximate surface area is 123 Å². The molecule has 5 heteroatoms. The average molecular weight is 288 g/mol. The van der Waals surface area contributed by atoms with Crippen molar-refractivity contribution in [2.24, 2.45) is 0 Å². The van der Waals surface area contributed by atoms with Crippen molar-refractivity contribution in [3.8, 4) is 0 Å². The van der Waals surface area contributed by atoms with Crippen molar-refractivity contribution in [2.45, 2.75) is 19.9 Å². The summed E-state index contributed by atoms with van der Waals surface area (Å²) in [4.78, 5) is 25.6. The second kappa shape index (κ2) is 6.10. The summed E-state index contributed by atoms with van der Waals surface area (Å²) in [7, 11) is 3.97. The molecule has 0 unspecified atom stereocenters. The van der Waals surface area contributed by atoms with Gasteiger partial charge < -0.3 is 14.6 Å². The summed E-state index contributed by atoms with van der Waals surface area (Å²) in [6, 6.07) is 7.36. The summed E-state index contributed by atoms with van der Waals surface area (Å²) in [5.41, 5.74) is 1.80. The lowest BCUT2D eigenvalue weighted by molar-refractivity contribution is -0.136. The number of aliphatic carboxylic acids is 1. The van der Waals surface area contributed by atoms with E-state index in [0.29, 0.717) is 17.5 Å². The molecule has 2 rings (SSSR count). The molecule has 1 N–H and O–H groups in total. The third-order valence-corrected chi connectivity index (χ3v) is 3.65. The van der Waals surface area contributed by atoms with Crippen LogP contribution < -0.4 is 5.43 Å². The van der Waals surface area contributed by atoms with Gasteiger partial charge in [0.05, 0.1) is 11.9 Å².